The van der Waals surface area contributed by atoms with Crippen molar-refractivity contribution in [2.24, 2.45) is 0 Å². The minimum atomic E-state index is -3.49. The lowest BCUT2D eigenvalue weighted by Crippen LogP contribution is -2.24. The molecule has 0 atom stereocenters. The van der Waals surface area contributed by atoms with Gasteiger partial charge in [-0.3, -0.25) is 10.3 Å². The van der Waals surface area contributed by atoms with Gasteiger partial charge in [-0.05, 0) is 37.1 Å². The Kier molecular flexibility index (Phi) is 4.39. The standard InChI is InChI=1S/C15H17NO5S/c1-4-6-21-16-12-5-7-22(19,20)14-9(2)8-11(15(17)18)10(3)13(12)14/h4-5,8,16H,1,6-7H2,2-3H3,(H,17,18). The molecule has 118 valence electrons. The molecule has 0 fully saturated rings. The number of sulfone groups is 1. The second kappa shape index (κ2) is 5.94. The predicted octanol–water partition coefficient (Wildman–Crippen LogP) is 1.84. The summed E-state index contributed by atoms with van der Waals surface area (Å²) in [7, 11) is -3.49. The van der Waals surface area contributed by atoms with Crippen LogP contribution in [0.4, 0.5) is 0 Å². The average molecular weight is 323 g/mol. The molecule has 1 aromatic rings. The van der Waals surface area contributed by atoms with E-state index in [-0.39, 0.29) is 22.8 Å². The molecular formula is C15H17NO5S. The topological polar surface area (TPSA) is 92.7 Å². The van der Waals surface area contributed by atoms with Crippen molar-refractivity contribution in [1.82, 2.24) is 5.48 Å². The molecule has 7 heteroatoms. The Morgan fingerprint density at radius 3 is 2.77 bits per heavy atom. The van der Waals surface area contributed by atoms with Crippen LogP contribution < -0.4 is 5.48 Å². The van der Waals surface area contributed by atoms with E-state index in [1.54, 1.807) is 19.9 Å². The number of carbonyl (C=O) groups is 1. The zero-order valence-corrected chi connectivity index (χ0v) is 13.2. The SMILES string of the molecule is C=CCONC1=CCS(=O)(=O)c2c(C)cc(C(=O)O)c(C)c21. The number of carboxylic acids is 1. The van der Waals surface area contributed by atoms with Crippen molar-refractivity contribution in [3.63, 3.8) is 0 Å². The monoisotopic (exact) mass is 323 g/mol. The van der Waals surface area contributed by atoms with Crippen LogP contribution in [0.3, 0.4) is 0 Å². The fourth-order valence-electron chi connectivity index (χ4n) is 2.49. The largest absolute Gasteiger partial charge is 0.478 e. The Labute approximate surface area is 129 Å². The molecule has 0 unspecified atom stereocenters. The number of aryl methyl sites for hydroxylation is 1. The molecule has 0 saturated carbocycles. The maximum absolute atomic E-state index is 12.3. The van der Waals surface area contributed by atoms with Gasteiger partial charge < -0.3 is 5.11 Å². The fourth-order valence-corrected chi connectivity index (χ4v) is 4.17. The summed E-state index contributed by atoms with van der Waals surface area (Å²) in [6, 6.07) is 1.39. The number of hydrogen-bond donors (Lipinski definition) is 2. The quantitative estimate of drug-likeness (QED) is 0.488. The Balaban J connectivity index is 2.67. The minimum absolute atomic E-state index is 0.0739. The van der Waals surface area contributed by atoms with Gasteiger partial charge >= 0.3 is 5.97 Å². The second-order valence-corrected chi connectivity index (χ2v) is 6.95. The highest BCUT2D eigenvalue weighted by atomic mass is 32.2. The van der Waals surface area contributed by atoms with Crippen LogP contribution in [0, 0.1) is 13.8 Å². The first-order valence-corrected chi connectivity index (χ1v) is 8.24. The lowest BCUT2D eigenvalue weighted by atomic mass is 9.96. The van der Waals surface area contributed by atoms with Crippen LogP contribution in [0.15, 0.2) is 29.7 Å². The number of carboxylic acid groups (broad SMARTS) is 1. The van der Waals surface area contributed by atoms with Crippen molar-refractivity contribution in [2.75, 3.05) is 12.4 Å². The van der Waals surface area contributed by atoms with Crippen LogP contribution in [-0.2, 0) is 14.7 Å². The second-order valence-electron chi connectivity index (χ2n) is 4.98. The molecule has 0 bridgehead atoms. The van der Waals surface area contributed by atoms with Crippen molar-refractivity contribution in [2.45, 2.75) is 18.7 Å². The Morgan fingerprint density at radius 1 is 1.50 bits per heavy atom. The number of aromatic carboxylic acids is 1. The number of fused-ring (bicyclic) bond motifs is 1. The van der Waals surface area contributed by atoms with Gasteiger partial charge in [0.05, 0.1) is 28.5 Å². The number of hydrogen-bond acceptors (Lipinski definition) is 5. The van der Waals surface area contributed by atoms with E-state index in [0.717, 1.165) is 0 Å². The first-order chi connectivity index (χ1) is 10.3. The molecule has 1 aliphatic rings. The van der Waals surface area contributed by atoms with Gasteiger partial charge in [-0.25, -0.2) is 13.2 Å². The van der Waals surface area contributed by atoms with E-state index in [1.807, 2.05) is 0 Å². The number of benzene rings is 1. The molecule has 0 radical (unpaired) electrons. The van der Waals surface area contributed by atoms with Gasteiger partial charge in [-0.15, -0.1) is 6.58 Å². The molecule has 2 N–H and O–H groups in total. The molecule has 0 spiro atoms. The van der Waals surface area contributed by atoms with Crippen LogP contribution in [0.2, 0.25) is 0 Å². The van der Waals surface area contributed by atoms with Gasteiger partial charge in [0.25, 0.3) is 0 Å². The van der Waals surface area contributed by atoms with Crippen molar-refractivity contribution in [1.29, 1.82) is 0 Å². The average Bonchev–Trinajstić information content (AvgIpc) is 2.43. The Morgan fingerprint density at radius 2 is 2.18 bits per heavy atom. The van der Waals surface area contributed by atoms with Crippen molar-refractivity contribution in [3.8, 4) is 0 Å². The summed E-state index contributed by atoms with van der Waals surface area (Å²) in [4.78, 5) is 16.7. The van der Waals surface area contributed by atoms with Crippen LogP contribution in [0.25, 0.3) is 5.70 Å². The number of rotatable bonds is 5. The van der Waals surface area contributed by atoms with Crippen molar-refractivity contribution in [3.05, 3.63) is 47.1 Å². The molecule has 1 aromatic carbocycles. The van der Waals surface area contributed by atoms with Crippen molar-refractivity contribution < 1.29 is 23.2 Å². The van der Waals surface area contributed by atoms with E-state index >= 15 is 0 Å². The van der Waals surface area contributed by atoms with E-state index in [2.05, 4.69) is 12.1 Å². The molecule has 0 saturated heterocycles. The summed E-state index contributed by atoms with van der Waals surface area (Å²) < 4.78 is 24.7. The summed E-state index contributed by atoms with van der Waals surface area (Å²) in [6.45, 7) is 6.94. The van der Waals surface area contributed by atoms with E-state index in [9.17, 15) is 18.3 Å². The smallest absolute Gasteiger partial charge is 0.335 e. The molecule has 1 heterocycles. The lowest BCUT2D eigenvalue weighted by Gasteiger charge is -2.23. The first-order valence-electron chi connectivity index (χ1n) is 6.59. The predicted molar refractivity (Wildman–Crippen MR) is 82.2 cm³/mol. The third-order valence-electron chi connectivity index (χ3n) is 3.43. The maximum Gasteiger partial charge on any atom is 0.335 e. The van der Waals surface area contributed by atoms with Gasteiger partial charge in [0.15, 0.2) is 9.84 Å². The molecule has 0 aromatic heterocycles. The number of hydroxylamine groups is 1. The summed E-state index contributed by atoms with van der Waals surface area (Å²) in [6.07, 6.45) is 3.03. The number of nitrogens with one attached hydrogen (secondary N) is 1. The summed E-state index contributed by atoms with van der Waals surface area (Å²) in [5, 5.41) is 9.29. The first kappa shape index (κ1) is 16.3. The molecule has 2 rings (SSSR count). The van der Waals surface area contributed by atoms with Crippen LogP contribution in [0.5, 0.6) is 0 Å². The van der Waals surface area contributed by atoms with Gasteiger partial charge in [0, 0.05) is 5.56 Å². The highest BCUT2D eigenvalue weighted by molar-refractivity contribution is 7.91. The van der Waals surface area contributed by atoms with Gasteiger partial charge in [0.1, 0.15) is 0 Å². The molecular weight excluding hydrogens is 306 g/mol. The van der Waals surface area contributed by atoms with Gasteiger partial charge in [-0.1, -0.05) is 6.08 Å². The third-order valence-corrected chi connectivity index (χ3v) is 5.18. The van der Waals surface area contributed by atoms with Crippen LogP contribution in [0.1, 0.15) is 27.0 Å². The zero-order chi connectivity index (χ0) is 16.5. The highest BCUT2D eigenvalue weighted by Crippen LogP contribution is 2.35. The summed E-state index contributed by atoms with van der Waals surface area (Å²) in [5.41, 5.74) is 4.36. The molecule has 1 aliphatic heterocycles. The molecule has 0 aliphatic carbocycles. The van der Waals surface area contributed by atoms with E-state index < -0.39 is 15.8 Å². The maximum atomic E-state index is 12.3. The van der Waals surface area contributed by atoms with Crippen LogP contribution >= 0.6 is 0 Å². The zero-order valence-electron chi connectivity index (χ0n) is 12.3. The lowest BCUT2D eigenvalue weighted by molar-refractivity contribution is 0.0695. The molecule has 0 amide bonds. The molecule has 6 nitrogen and oxygen atoms in total. The van der Waals surface area contributed by atoms with Crippen LogP contribution in [-0.4, -0.2) is 31.9 Å². The van der Waals surface area contributed by atoms with E-state index in [1.165, 1.54) is 12.1 Å². The Hall–Kier alpha value is -2.12. The van der Waals surface area contributed by atoms with E-state index in [0.29, 0.717) is 22.4 Å². The molecule has 22 heavy (non-hydrogen) atoms. The highest BCUT2D eigenvalue weighted by Gasteiger charge is 2.30. The van der Waals surface area contributed by atoms with Gasteiger partial charge in [0.2, 0.25) is 0 Å². The summed E-state index contributed by atoms with van der Waals surface area (Å²) >= 11 is 0. The normalized spacial score (nSPS) is 15.6. The Bertz CT molecular complexity index is 778. The third kappa shape index (κ3) is 2.77. The van der Waals surface area contributed by atoms with E-state index in [4.69, 9.17) is 4.84 Å². The minimum Gasteiger partial charge on any atom is -0.478 e. The van der Waals surface area contributed by atoms with Crippen molar-refractivity contribution >= 4 is 21.5 Å². The van der Waals surface area contributed by atoms with Gasteiger partial charge in [-0.2, -0.15) is 0 Å². The summed E-state index contributed by atoms with van der Waals surface area (Å²) in [5.74, 6) is -1.26. The fraction of sp³-hybridized carbons (Fsp3) is 0.267.